The second-order valence-corrected chi connectivity index (χ2v) is 6.64. The molecule has 0 aliphatic carbocycles. The lowest BCUT2D eigenvalue weighted by Crippen LogP contribution is -2.13. The number of hydrogen-bond acceptors (Lipinski definition) is 2. The van der Waals surface area contributed by atoms with Crippen LogP contribution in [0.2, 0.25) is 0 Å². The van der Waals surface area contributed by atoms with Crippen LogP contribution in [0.3, 0.4) is 0 Å². The molecule has 0 radical (unpaired) electrons. The van der Waals surface area contributed by atoms with Crippen molar-refractivity contribution in [2.45, 2.75) is 26.2 Å². The van der Waals surface area contributed by atoms with Crippen molar-refractivity contribution in [3.8, 4) is 11.3 Å². The highest BCUT2D eigenvalue weighted by molar-refractivity contribution is 6.03. The van der Waals surface area contributed by atoms with Gasteiger partial charge in [0.25, 0.3) is 5.91 Å². The van der Waals surface area contributed by atoms with Crippen LogP contribution in [-0.4, -0.2) is 5.91 Å². The summed E-state index contributed by atoms with van der Waals surface area (Å²) in [6, 6.07) is 8.50. The Hall–Kier alpha value is -3.23. The van der Waals surface area contributed by atoms with E-state index < -0.39 is 40.7 Å². The van der Waals surface area contributed by atoms with Crippen molar-refractivity contribution in [1.82, 2.24) is 0 Å². The second kappa shape index (κ2) is 7.55. The lowest BCUT2D eigenvalue weighted by molar-refractivity contribution is -0.141. The predicted molar refractivity (Wildman–Crippen MR) is 98.0 cm³/mol. The summed E-state index contributed by atoms with van der Waals surface area (Å²) in [6.07, 6.45) is -9.75. The van der Waals surface area contributed by atoms with E-state index in [4.69, 9.17) is 4.42 Å². The highest BCUT2D eigenvalue weighted by atomic mass is 19.4. The molecule has 30 heavy (non-hydrogen) atoms. The zero-order valence-electron chi connectivity index (χ0n) is 15.7. The fourth-order valence-corrected chi connectivity index (χ4v) is 2.96. The minimum Gasteiger partial charge on any atom is -0.451 e. The first-order chi connectivity index (χ1) is 13.9. The van der Waals surface area contributed by atoms with Crippen LogP contribution in [0.5, 0.6) is 0 Å². The summed E-state index contributed by atoms with van der Waals surface area (Å²) >= 11 is 0. The number of alkyl halides is 6. The Bertz CT molecular complexity index is 1080. The van der Waals surface area contributed by atoms with Crippen LogP contribution in [0.15, 0.2) is 52.9 Å². The fourth-order valence-electron chi connectivity index (χ4n) is 2.96. The first-order valence-corrected chi connectivity index (χ1v) is 8.64. The predicted octanol–water partition coefficient (Wildman–Crippen LogP) is 6.85. The normalized spacial score (nSPS) is 12.1. The smallest absolute Gasteiger partial charge is 0.417 e. The van der Waals surface area contributed by atoms with Crippen molar-refractivity contribution in [2.75, 3.05) is 5.32 Å². The Morgan fingerprint density at radius 1 is 0.867 bits per heavy atom. The van der Waals surface area contributed by atoms with Gasteiger partial charge in [0.1, 0.15) is 5.76 Å². The Balaban J connectivity index is 2.00. The summed E-state index contributed by atoms with van der Waals surface area (Å²) in [5.74, 6) is -1.57. The molecular weight excluding hydrogens is 412 g/mol. The third kappa shape index (κ3) is 4.34. The Morgan fingerprint density at radius 3 is 2.07 bits per heavy atom. The molecule has 1 aromatic heterocycles. The number of hydrogen-bond donors (Lipinski definition) is 1. The average Bonchev–Trinajstić information content (AvgIpc) is 3.13. The molecule has 0 aliphatic heterocycles. The molecular formula is C21H15F6NO2. The van der Waals surface area contributed by atoms with Crippen LogP contribution in [0.25, 0.3) is 11.3 Å². The van der Waals surface area contributed by atoms with Crippen LogP contribution >= 0.6 is 0 Å². The number of nitrogens with one attached hydrogen (secondary N) is 1. The van der Waals surface area contributed by atoms with Gasteiger partial charge in [-0.1, -0.05) is 18.2 Å². The van der Waals surface area contributed by atoms with Crippen molar-refractivity contribution in [3.63, 3.8) is 0 Å². The average molecular weight is 427 g/mol. The highest BCUT2D eigenvalue weighted by Gasteiger charge is 2.38. The van der Waals surface area contributed by atoms with Gasteiger partial charge in [0, 0.05) is 11.3 Å². The molecule has 0 unspecified atom stereocenters. The van der Waals surface area contributed by atoms with Gasteiger partial charge < -0.3 is 9.73 Å². The molecule has 1 heterocycles. The summed E-state index contributed by atoms with van der Waals surface area (Å²) in [4.78, 5) is 12.5. The van der Waals surface area contributed by atoms with Gasteiger partial charge in [-0.05, 0) is 55.3 Å². The number of rotatable bonds is 3. The van der Waals surface area contributed by atoms with Crippen molar-refractivity contribution < 1.29 is 35.6 Å². The lowest BCUT2D eigenvalue weighted by atomic mass is 10.0. The molecule has 0 saturated heterocycles. The number of amides is 1. The summed E-state index contributed by atoms with van der Waals surface area (Å²) in [5.41, 5.74) is -1.34. The summed E-state index contributed by atoms with van der Waals surface area (Å²) in [6.45, 7) is 3.52. The number of halogens is 6. The molecule has 158 valence electrons. The fraction of sp³-hybridized carbons (Fsp3) is 0.190. The van der Waals surface area contributed by atoms with E-state index in [2.05, 4.69) is 5.32 Å². The molecule has 0 fully saturated rings. The molecule has 9 heteroatoms. The number of anilines is 1. The van der Waals surface area contributed by atoms with E-state index in [0.717, 1.165) is 23.3 Å². The molecule has 1 amide bonds. The topological polar surface area (TPSA) is 42.2 Å². The molecule has 3 aromatic rings. The SMILES string of the molecule is Cc1cccc(C)c1NC(=O)c1ccc(-c2cc(C(F)(F)F)ccc2C(F)(F)F)o1. The molecule has 0 aliphatic rings. The standard InChI is InChI=1S/C21H15F6NO2/c1-11-4-3-5-12(2)18(11)28-19(29)17-9-8-16(30-17)14-10-13(20(22,23)24)6-7-15(14)21(25,26)27/h3-10H,1-2H3,(H,28,29). The largest absolute Gasteiger partial charge is 0.451 e. The van der Waals surface area contributed by atoms with Gasteiger partial charge in [-0.25, -0.2) is 0 Å². The monoisotopic (exact) mass is 427 g/mol. The molecule has 0 bridgehead atoms. The van der Waals surface area contributed by atoms with Crippen LogP contribution < -0.4 is 5.32 Å². The zero-order valence-corrected chi connectivity index (χ0v) is 15.7. The number of aryl methyl sites for hydroxylation is 2. The van der Waals surface area contributed by atoms with Crippen molar-refractivity contribution in [2.24, 2.45) is 0 Å². The maximum Gasteiger partial charge on any atom is 0.417 e. The van der Waals surface area contributed by atoms with Gasteiger partial charge in [0.2, 0.25) is 0 Å². The molecule has 1 N–H and O–H groups in total. The van der Waals surface area contributed by atoms with Gasteiger partial charge >= 0.3 is 12.4 Å². The third-order valence-corrected chi connectivity index (χ3v) is 4.47. The zero-order chi connectivity index (χ0) is 22.3. The Morgan fingerprint density at radius 2 is 1.50 bits per heavy atom. The van der Waals surface area contributed by atoms with Crippen molar-refractivity contribution >= 4 is 11.6 Å². The quantitative estimate of drug-likeness (QED) is 0.465. The molecule has 3 nitrogen and oxygen atoms in total. The number of furan rings is 1. The number of benzene rings is 2. The van der Waals surface area contributed by atoms with Gasteiger partial charge in [-0.2, -0.15) is 26.3 Å². The highest BCUT2D eigenvalue weighted by Crippen LogP contribution is 2.41. The summed E-state index contributed by atoms with van der Waals surface area (Å²) in [7, 11) is 0. The van der Waals surface area contributed by atoms with E-state index in [1.54, 1.807) is 32.0 Å². The van der Waals surface area contributed by atoms with Gasteiger partial charge in [0.15, 0.2) is 5.76 Å². The first-order valence-electron chi connectivity index (χ1n) is 8.64. The minimum atomic E-state index is -4.91. The van der Waals surface area contributed by atoms with Crippen LogP contribution in [0.1, 0.15) is 32.8 Å². The van der Waals surface area contributed by atoms with Crippen molar-refractivity contribution in [3.05, 3.63) is 76.5 Å². The maximum absolute atomic E-state index is 13.3. The van der Waals surface area contributed by atoms with E-state index in [1.807, 2.05) is 0 Å². The lowest BCUT2D eigenvalue weighted by Gasteiger charge is -2.14. The Labute approximate surface area is 167 Å². The van der Waals surface area contributed by atoms with E-state index in [1.165, 1.54) is 0 Å². The molecule has 3 rings (SSSR count). The second-order valence-electron chi connectivity index (χ2n) is 6.64. The van der Waals surface area contributed by atoms with Gasteiger partial charge in [-0.3, -0.25) is 4.79 Å². The molecule has 0 saturated carbocycles. The Kier molecular flexibility index (Phi) is 5.40. The van der Waals surface area contributed by atoms with E-state index in [9.17, 15) is 31.1 Å². The van der Waals surface area contributed by atoms with Crippen LogP contribution in [0.4, 0.5) is 32.0 Å². The summed E-state index contributed by atoms with van der Waals surface area (Å²) < 4.78 is 84.1. The number of carbonyl (C=O) groups is 1. The maximum atomic E-state index is 13.3. The molecule has 0 atom stereocenters. The third-order valence-electron chi connectivity index (χ3n) is 4.47. The minimum absolute atomic E-state index is 0.335. The molecule has 2 aromatic carbocycles. The number of para-hydroxylation sites is 1. The van der Waals surface area contributed by atoms with Gasteiger partial charge in [0.05, 0.1) is 11.1 Å². The van der Waals surface area contributed by atoms with Gasteiger partial charge in [-0.15, -0.1) is 0 Å². The summed E-state index contributed by atoms with van der Waals surface area (Å²) in [5, 5.41) is 2.61. The van der Waals surface area contributed by atoms with Crippen molar-refractivity contribution in [1.29, 1.82) is 0 Å². The van der Waals surface area contributed by atoms with E-state index in [-0.39, 0.29) is 5.76 Å². The first kappa shape index (κ1) is 21.5. The van der Waals surface area contributed by atoms with E-state index in [0.29, 0.717) is 23.9 Å². The van der Waals surface area contributed by atoms with E-state index >= 15 is 0 Å². The molecule has 0 spiro atoms. The number of carbonyl (C=O) groups excluding carboxylic acids is 1. The van der Waals surface area contributed by atoms with Crippen LogP contribution in [0, 0.1) is 13.8 Å². The van der Waals surface area contributed by atoms with Crippen LogP contribution in [-0.2, 0) is 12.4 Å².